The zero-order valence-electron chi connectivity index (χ0n) is 26.0. The van der Waals surface area contributed by atoms with Gasteiger partial charge in [0.1, 0.15) is 0 Å². The molecule has 0 radical (unpaired) electrons. The van der Waals surface area contributed by atoms with E-state index in [4.69, 9.17) is 4.98 Å². The molecular formula is C40H38N4. The molecule has 0 unspecified atom stereocenters. The molecule has 2 aliphatic rings. The number of rotatable bonds is 4. The van der Waals surface area contributed by atoms with Crippen molar-refractivity contribution in [1.82, 2.24) is 14.5 Å². The van der Waals surface area contributed by atoms with Crippen molar-refractivity contribution in [3.63, 3.8) is 0 Å². The molecule has 4 nitrogen and oxygen atoms in total. The minimum atomic E-state index is 0.176. The van der Waals surface area contributed by atoms with Crippen LogP contribution in [0.25, 0.3) is 51.0 Å². The van der Waals surface area contributed by atoms with Crippen molar-refractivity contribution in [3.05, 3.63) is 120 Å². The van der Waals surface area contributed by atoms with Gasteiger partial charge < -0.3 is 9.47 Å². The standard InChI is InChI=1S/C40H38N4/c1-39(2)17-20-43-21-18-40(3,4)33-24-28(23-32(39)38(33)43)14-13-27-15-16-36-30(22-27)31-25-35(34-12-8-9-19-41-34)42-26-37(31)44(36)29-10-6-5-7-11-29/h5-16,19,22-26H,17-18,20-21H2,1-4H3/b14-13+. The minimum Gasteiger partial charge on any atom is -0.371 e. The van der Waals surface area contributed by atoms with Gasteiger partial charge >= 0.3 is 0 Å². The summed E-state index contributed by atoms with van der Waals surface area (Å²) in [6, 6.07) is 30.4. The first-order valence-electron chi connectivity index (χ1n) is 15.8. The molecule has 0 saturated heterocycles. The van der Waals surface area contributed by atoms with Gasteiger partial charge in [0.15, 0.2) is 0 Å². The third-order valence-corrected chi connectivity index (χ3v) is 10.0. The molecular weight excluding hydrogens is 536 g/mol. The number of benzene rings is 3. The SMILES string of the molecule is CC1(C)CCN2CCC(C)(C)c3cc(/C=C/c4ccc5c(c4)c4cc(-c6ccccn6)ncc4n5-c4ccccc4)cc1c32. The zero-order chi connectivity index (χ0) is 30.1. The highest BCUT2D eigenvalue weighted by Crippen LogP contribution is 2.49. The van der Waals surface area contributed by atoms with Gasteiger partial charge in [0.05, 0.1) is 28.6 Å². The van der Waals surface area contributed by atoms with E-state index in [1.54, 1.807) is 0 Å². The fourth-order valence-electron chi connectivity index (χ4n) is 7.30. The molecule has 6 aromatic rings. The van der Waals surface area contributed by atoms with Gasteiger partial charge in [-0.2, -0.15) is 0 Å². The quantitative estimate of drug-likeness (QED) is 0.197. The lowest BCUT2D eigenvalue weighted by Gasteiger charge is -2.48. The van der Waals surface area contributed by atoms with Crippen molar-refractivity contribution >= 4 is 39.6 Å². The van der Waals surface area contributed by atoms with Gasteiger partial charge in [0.25, 0.3) is 0 Å². The third-order valence-electron chi connectivity index (χ3n) is 10.0. The first-order chi connectivity index (χ1) is 21.3. The lowest BCUT2D eigenvalue weighted by molar-refractivity contribution is 0.401. The van der Waals surface area contributed by atoms with Gasteiger partial charge in [0, 0.05) is 41.4 Å². The molecule has 0 aliphatic carbocycles. The predicted molar refractivity (Wildman–Crippen MR) is 185 cm³/mol. The average Bonchev–Trinajstić information content (AvgIpc) is 3.36. The Labute approximate surface area is 259 Å². The Morgan fingerprint density at radius 2 is 1.32 bits per heavy atom. The first kappa shape index (κ1) is 26.9. The van der Waals surface area contributed by atoms with Crippen LogP contribution in [0.3, 0.4) is 0 Å². The van der Waals surface area contributed by atoms with Gasteiger partial charge in [0.2, 0.25) is 0 Å². The Balaban J connectivity index is 1.27. The van der Waals surface area contributed by atoms with Crippen molar-refractivity contribution in [2.75, 3.05) is 18.0 Å². The molecule has 218 valence electrons. The van der Waals surface area contributed by atoms with E-state index in [0.717, 1.165) is 35.7 Å². The average molecular weight is 575 g/mol. The van der Waals surface area contributed by atoms with Crippen molar-refractivity contribution in [1.29, 1.82) is 0 Å². The van der Waals surface area contributed by atoms with Crippen molar-refractivity contribution in [2.45, 2.75) is 51.4 Å². The van der Waals surface area contributed by atoms with Gasteiger partial charge in [-0.3, -0.25) is 9.97 Å². The molecule has 3 aromatic heterocycles. The Bertz CT molecular complexity index is 2020. The zero-order valence-corrected chi connectivity index (χ0v) is 26.0. The molecule has 0 spiro atoms. The molecule has 44 heavy (non-hydrogen) atoms. The van der Waals surface area contributed by atoms with Crippen LogP contribution in [0.1, 0.15) is 62.8 Å². The Morgan fingerprint density at radius 1 is 0.636 bits per heavy atom. The number of nitrogens with zero attached hydrogens (tertiary/aromatic N) is 4. The van der Waals surface area contributed by atoms with Crippen LogP contribution in [0.2, 0.25) is 0 Å². The second-order valence-electron chi connectivity index (χ2n) is 13.8. The molecule has 5 heterocycles. The maximum absolute atomic E-state index is 4.84. The van der Waals surface area contributed by atoms with E-state index in [1.165, 1.54) is 57.1 Å². The van der Waals surface area contributed by atoms with E-state index in [-0.39, 0.29) is 10.8 Å². The molecule has 0 atom stereocenters. The Hall–Kier alpha value is -4.70. The van der Waals surface area contributed by atoms with Crippen LogP contribution < -0.4 is 4.90 Å². The molecule has 0 amide bonds. The van der Waals surface area contributed by atoms with E-state index < -0.39 is 0 Å². The van der Waals surface area contributed by atoms with Crippen LogP contribution in [0.4, 0.5) is 5.69 Å². The molecule has 0 fully saturated rings. The molecule has 8 rings (SSSR count). The number of fused-ring (bicyclic) bond motifs is 3. The normalized spacial score (nSPS) is 17.0. The van der Waals surface area contributed by atoms with Gasteiger partial charge in [-0.05, 0) is 101 Å². The van der Waals surface area contributed by atoms with Crippen LogP contribution in [0.5, 0.6) is 0 Å². The molecule has 3 aromatic carbocycles. The van der Waals surface area contributed by atoms with E-state index in [0.29, 0.717) is 0 Å². The third kappa shape index (κ3) is 4.35. The largest absolute Gasteiger partial charge is 0.371 e. The first-order valence-corrected chi connectivity index (χ1v) is 15.8. The summed E-state index contributed by atoms with van der Waals surface area (Å²) in [5.74, 6) is 0. The second-order valence-corrected chi connectivity index (χ2v) is 13.8. The summed E-state index contributed by atoms with van der Waals surface area (Å²) >= 11 is 0. The van der Waals surface area contributed by atoms with Crippen LogP contribution in [0, 0.1) is 0 Å². The molecule has 4 heteroatoms. The lowest BCUT2D eigenvalue weighted by atomic mass is 9.69. The summed E-state index contributed by atoms with van der Waals surface area (Å²) in [6.07, 6.45) is 10.8. The monoisotopic (exact) mass is 574 g/mol. The van der Waals surface area contributed by atoms with E-state index in [1.807, 2.05) is 30.6 Å². The van der Waals surface area contributed by atoms with Gasteiger partial charge in [-0.25, -0.2) is 0 Å². The lowest BCUT2D eigenvalue weighted by Crippen LogP contribution is -2.44. The van der Waals surface area contributed by atoms with E-state index >= 15 is 0 Å². The summed E-state index contributed by atoms with van der Waals surface area (Å²) in [5.41, 5.74) is 12.5. The van der Waals surface area contributed by atoms with Crippen molar-refractivity contribution in [3.8, 4) is 17.1 Å². The highest BCUT2D eigenvalue weighted by molar-refractivity contribution is 6.10. The van der Waals surface area contributed by atoms with Crippen molar-refractivity contribution < 1.29 is 0 Å². The van der Waals surface area contributed by atoms with Crippen LogP contribution >= 0.6 is 0 Å². The number of anilines is 1. The van der Waals surface area contributed by atoms with E-state index in [9.17, 15) is 0 Å². The van der Waals surface area contributed by atoms with Gasteiger partial charge in [-0.1, -0.05) is 70.2 Å². The fourth-order valence-corrected chi connectivity index (χ4v) is 7.30. The number of pyridine rings is 2. The molecule has 2 aliphatic heterocycles. The number of para-hydroxylation sites is 1. The van der Waals surface area contributed by atoms with Crippen LogP contribution in [0.15, 0.2) is 97.3 Å². The summed E-state index contributed by atoms with van der Waals surface area (Å²) in [4.78, 5) is 12.1. The topological polar surface area (TPSA) is 34.0 Å². The number of hydrogen-bond donors (Lipinski definition) is 0. The highest BCUT2D eigenvalue weighted by atomic mass is 15.2. The summed E-state index contributed by atoms with van der Waals surface area (Å²) in [7, 11) is 0. The minimum absolute atomic E-state index is 0.176. The highest BCUT2D eigenvalue weighted by Gasteiger charge is 2.39. The molecule has 0 saturated carbocycles. The van der Waals surface area contributed by atoms with Crippen LogP contribution in [-0.2, 0) is 10.8 Å². The maximum Gasteiger partial charge on any atom is 0.0893 e. The molecule has 0 N–H and O–H groups in total. The summed E-state index contributed by atoms with van der Waals surface area (Å²) in [6.45, 7) is 12.0. The van der Waals surface area contributed by atoms with E-state index in [2.05, 4.69) is 121 Å². The fraction of sp³-hybridized carbons (Fsp3) is 0.250. The second kappa shape index (κ2) is 9.92. The van der Waals surface area contributed by atoms with Gasteiger partial charge in [-0.15, -0.1) is 0 Å². The number of aromatic nitrogens is 3. The summed E-state index contributed by atoms with van der Waals surface area (Å²) < 4.78 is 2.32. The van der Waals surface area contributed by atoms with Crippen LogP contribution in [-0.4, -0.2) is 27.6 Å². The molecule has 0 bridgehead atoms. The maximum atomic E-state index is 4.84. The van der Waals surface area contributed by atoms with Crippen molar-refractivity contribution in [2.24, 2.45) is 0 Å². The Kier molecular flexibility index (Phi) is 6.06. The Morgan fingerprint density at radius 3 is 2.02 bits per heavy atom. The predicted octanol–water partition coefficient (Wildman–Crippen LogP) is 9.58. The number of hydrogen-bond acceptors (Lipinski definition) is 3. The smallest absolute Gasteiger partial charge is 0.0893 e. The summed E-state index contributed by atoms with van der Waals surface area (Å²) in [5, 5.41) is 2.39.